The van der Waals surface area contributed by atoms with E-state index in [0.717, 1.165) is 0 Å². The Hall–Kier alpha value is -0.640. The van der Waals surface area contributed by atoms with E-state index in [1.54, 1.807) is 19.2 Å². The highest BCUT2D eigenvalue weighted by Gasteiger charge is 2.15. The normalized spacial score (nSPS) is 15.7. The number of hydrogen-bond acceptors (Lipinski definition) is 3. The summed E-state index contributed by atoms with van der Waals surface area (Å²) in [5.41, 5.74) is 6.08. The molecule has 3 N–H and O–H groups in total. The second-order valence-corrected chi connectivity index (χ2v) is 3.11. The van der Waals surface area contributed by atoms with Gasteiger partial charge < -0.3 is 10.8 Å². The van der Waals surface area contributed by atoms with Crippen LogP contribution >= 0.6 is 11.6 Å². The number of aliphatic hydroxyl groups is 1. The number of halogens is 1. The van der Waals surface area contributed by atoms with Crippen LogP contribution in [0, 0.1) is 0 Å². The maximum atomic E-state index is 9.53. The van der Waals surface area contributed by atoms with Crippen LogP contribution in [0.3, 0.4) is 0 Å². The molecule has 1 heterocycles. The lowest BCUT2D eigenvalue weighted by atomic mass is 10.1. The van der Waals surface area contributed by atoms with Crippen molar-refractivity contribution in [3.05, 3.63) is 29.0 Å². The summed E-state index contributed by atoms with van der Waals surface area (Å²) in [4.78, 5) is 3.85. The summed E-state index contributed by atoms with van der Waals surface area (Å²) in [5, 5.41) is 10.0. The van der Waals surface area contributed by atoms with E-state index in [2.05, 4.69) is 4.98 Å². The van der Waals surface area contributed by atoms with Crippen LogP contribution in [-0.4, -0.2) is 16.1 Å². The fourth-order valence-electron chi connectivity index (χ4n) is 0.891. The second kappa shape index (κ2) is 3.85. The average molecular weight is 187 g/mol. The minimum Gasteiger partial charge on any atom is -0.387 e. The van der Waals surface area contributed by atoms with E-state index in [1.165, 1.54) is 6.20 Å². The molecular weight excluding hydrogens is 176 g/mol. The topological polar surface area (TPSA) is 59.1 Å². The molecular formula is C8H11ClN2O. The van der Waals surface area contributed by atoms with Gasteiger partial charge in [0.15, 0.2) is 0 Å². The molecule has 0 fully saturated rings. The fourth-order valence-corrected chi connectivity index (χ4v) is 1.11. The van der Waals surface area contributed by atoms with Crippen molar-refractivity contribution in [1.82, 2.24) is 4.98 Å². The molecule has 0 saturated carbocycles. The van der Waals surface area contributed by atoms with E-state index in [-0.39, 0.29) is 6.04 Å². The van der Waals surface area contributed by atoms with Crippen LogP contribution in [0.15, 0.2) is 18.5 Å². The average Bonchev–Trinajstić information content (AvgIpc) is 2.04. The van der Waals surface area contributed by atoms with Crippen LogP contribution in [-0.2, 0) is 0 Å². The van der Waals surface area contributed by atoms with Crippen LogP contribution in [0.4, 0.5) is 0 Å². The van der Waals surface area contributed by atoms with Gasteiger partial charge in [0.05, 0.1) is 6.10 Å². The Morgan fingerprint density at radius 2 is 2.33 bits per heavy atom. The Kier molecular flexibility index (Phi) is 3.03. The molecule has 3 nitrogen and oxygen atoms in total. The quantitative estimate of drug-likeness (QED) is 0.728. The molecule has 0 aliphatic rings. The molecule has 0 aliphatic heterocycles. The van der Waals surface area contributed by atoms with E-state index >= 15 is 0 Å². The summed E-state index contributed by atoms with van der Waals surface area (Å²) in [7, 11) is 0. The van der Waals surface area contributed by atoms with Crippen LogP contribution in [0.5, 0.6) is 0 Å². The standard InChI is InChI=1S/C8H11ClN2O/c1-5(10)8(12)6-4-11-3-2-7(6)9/h2-5,8,12H,10H2,1H3/t5-,8-/m1/s1. The molecule has 0 spiro atoms. The first-order valence-electron chi connectivity index (χ1n) is 3.66. The van der Waals surface area contributed by atoms with Gasteiger partial charge in [-0.3, -0.25) is 4.98 Å². The molecule has 1 aromatic heterocycles. The summed E-state index contributed by atoms with van der Waals surface area (Å²) in [6.07, 6.45) is 2.35. The first kappa shape index (κ1) is 9.45. The Morgan fingerprint density at radius 1 is 1.67 bits per heavy atom. The molecule has 1 aromatic rings. The van der Waals surface area contributed by atoms with Crippen molar-refractivity contribution >= 4 is 11.6 Å². The lowest BCUT2D eigenvalue weighted by Crippen LogP contribution is -2.24. The number of pyridine rings is 1. The van der Waals surface area contributed by atoms with Crippen LogP contribution in [0.1, 0.15) is 18.6 Å². The highest BCUT2D eigenvalue weighted by atomic mass is 35.5. The van der Waals surface area contributed by atoms with Crippen molar-refractivity contribution in [2.75, 3.05) is 0 Å². The van der Waals surface area contributed by atoms with E-state index in [9.17, 15) is 5.11 Å². The molecule has 0 aliphatic carbocycles. The molecule has 0 saturated heterocycles. The van der Waals surface area contributed by atoms with Gasteiger partial charge in [0.2, 0.25) is 0 Å². The second-order valence-electron chi connectivity index (χ2n) is 2.70. The predicted octanol–water partition coefficient (Wildman–Crippen LogP) is 1.12. The van der Waals surface area contributed by atoms with Gasteiger partial charge in [0.1, 0.15) is 0 Å². The van der Waals surface area contributed by atoms with Crippen molar-refractivity contribution in [3.63, 3.8) is 0 Å². The van der Waals surface area contributed by atoms with Crippen LogP contribution in [0.2, 0.25) is 5.02 Å². The Bertz CT molecular complexity index is 265. The maximum absolute atomic E-state index is 9.53. The highest BCUT2D eigenvalue weighted by Crippen LogP contribution is 2.22. The first-order valence-corrected chi connectivity index (χ1v) is 4.03. The largest absolute Gasteiger partial charge is 0.387 e. The van der Waals surface area contributed by atoms with Gasteiger partial charge in [-0.1, -0.05) is 11.6 Å². The van der Waals surface area contributed by atoms with Gasteiger partial charge in [0.25, 0.3) is 0 Å². The number of hydrogen-bond donors (Lipinski definition) is 2. The van der Waals surface area contributed by atoms with Crippen molar-refractivity contribution in [2.24, 2.45) is 5.73 Å². The van der Waals surface area contributed by atoms with E-state index in [4.69, 9.17) is 17.3 Å². The SMILES string of the molecule is C[C@@H](N)[C@@H](O)c1cnccc1Cl. The van der Waals surface area contributed by atoms with Crippen LogP contribution in [0.25, 0.3) is 0 Å². The highest BCUT2D eigenvalue weighted by molar-refractivity contribution is 6.31. The van der Waals surface area contributed by atoms with Gasteiger partial charge in [-0.2, -0.15) is 0 Å². The third-order valence-electron chi connectivity index (χ3n) is 1.61. The Morgan fingerprint density at radius 3 is 2.83 bits per heavy atom. The molecule has 4 heteroatoms. The maximum Gasteiger partial charge on any atom is 0.0967 e. The van der Waals surface area contributed by atoms with Gasteiger partial charge >= 0.3 is 0 Å². The number of rotatable bonds is 2. The molecule has 66 valence electrons. The van der Waals surface area contributed by atoms with Crippen LogP contribution < -0.4 is 5.73 Å². The Balaban J connectivity index is 2.94. The van der Waals surface area contributed by atoms with E-state index in [0.29, 0.717) is 10.6 Å². The number of aromatic nitrogens is 1. The third-order valence-corrected chi connectivity index (χ3v) is 1.96. The molecule has 12 heavy (non-hydrogen) atoms. The molecule has 2 atom stereocenters. The van der Waals surface area contributed by atoms with Crippen molar-refractivity contribution in [1.29, 1.82) is 0 Å². The number of aliphatic hydroxyl groups excluding tert-OH is 1. The Labute approximate surface area is 76.2 Å². The monoisotopic (exact) mass is 186 g/mol. The molecule has 0 bridgehead atoms. The number of nitrogens with zero attached hydrogens (tertiary/aromatic N) is 1. The van der Waals surface area contributed by atoms with Crippen molar-refractivity contribution < 1.29 is 5.11 Å². The minimum absolute atomic E-state index is 0.341. The zero-order valence-corrected chi connectivity index (χ0v) is 7.49. The molecule has 1 rings (SSSR count). The van der Waals surface area contributed by atoms with Crippen molar-refractivity contribution in [2.45, 2.75) is 19.1 Å². The predicted molar refractivity (Wildman–Crippen MR) is 47.9 cm³/mol. The molecule has 0 aromatic carbocycles. The van der Waals surface area contributed by atoms with E-state index < -0.39 is 6.10 Å². The summed E-state index contributed by atoms with van der Waals surface area (Å²) in [5.74, 6) is 0. The molecule has 0 unspecified atom stereocenters. The zero-order chi connectivity index (χ0) is 9.14. The lowest BCUT2D eigenvalue weighted by Gasteiger charge is -2.15. The summed E-state index contributed by atoms with van der Waals surface area (Å²) >= 11 is 5.81. The van der Waals surface area contributed by atoms with Gasteiger partial charge in [-0.05, 0) is 13.0 Å². The summed E-state index contributed by atoms with van der Waals surface area (Å²) < 4.78 is 0. The smallest absolute Gasteiger partial charge is 0.0967 e. The molecule has 0 radical (unpaired) electrons. The zero-order valence-electron chi connectivity index (χ0n) is 6.74. The summed E-state index contributed by atoms with van der Waals surface area (Å²) in [6, 6.07) is 1.29. The van der Waals surface area contributed by atoms with Gasteiger partial charge in [-0.25, -0.2) is 0 Å². The molecule has 0 amide bonds. The lowest BCUT2D eigenvalue weighted by molar-refractivity contribution is 0.153. The summed E-state index contributed by atoms with van der Waals surface area (Å²) in [6.45, 7) is 1.72. The van der Waals surface area contributed by atoms with Gasteiger partial charge in [-0.15, -0.1) is 0 Å². The van der Waals surface area contributed by atoms with E-state index in [1.807, 2.05) is 0 Å². The minimum atomic E-state index is -0.744. The van der Waals surface area contributed by atoms with Crippen molar-refractivity contribution in [3.8, 4) is 0 Å². The number of nitrogens with two attached hydrogens (primary N) is 1. The van der Waals surface area contributed by atoms with Gasteiger partial charge in [0, 0.05) is 29.0 Å². The first-order chi connectivity index (χ1) is 5.63. The third kappa shape index (κ3) is 1.94. The fraction of sp³-hybridized carbons (Fsp3) is 0.375.